The molecule has 0 saturated heterocycles. The van der Waals surface area contributed by atoms with E-state index in [-0.39, 0.29) is 5.92 Å². The first-order valence-corrected chi connectivity index (χ1v) is 3.95. The molecule has 1 rings (SSSR count). The monoisotopic (exact) mass is 181 g/mol. The summed E-state index contributed by atoms with van der Waals surface area (Å²) >= 11 is 0. The van der Waals surface area contributed by atoms with Gasteiger partial charge in [-0.1, -0.05) is 13.8 Å². The number of benzene rings is 1. The maximum absolute atomic E-state index is 13.0. The van der Waals surface area contributed by atoms with Gasteiger partial charge in [0.2, 0.25) is 0 Å². The van der Waals surface area contributed by atoms with Crippen LogP contribution in [-0.4, -0.2) is 0 Å². The van der Waals surface area contributed by atoms with Crippen LogP contribution in [-0.2, 0) is 0 Å². The maximum atomic E-state index is 13.0. The molecule has 1 nitrogen and oxygen atoms in total. The molecule has 0 radical (unpaired) electrons. The van der Waals surface area contributed by atoms with Crippen LogP contribution in [0.1, 0.15) is 30.9 Å². The van der Waals surface area contributed by atoms with Gasteiger partial charge >= 0.3 is 0 Å². The van der Waals surface area contributed by atoms with E-state index in [1.54, 1.807) is 0 Å². The van der Waals surface area contributed by atoms with Crippen LogP contribution in [0.25, 0.3) is 0 Å². The summed E-state index contributed by atoms with van der Waals surface area (Å²) in [6.45, 7) is 3.67. The average molecular weight is 181 g/mol. The van der Waals surface area contributed by atoms with Crippen molar-refractivity contribution in [3.63, 3.8) is 0 Å². The van der Waals surface area contributed by atoms with Crippen LogP contribution in [0, 0.1) is 23.0 Å². The lowest BCUT2D eigenvalue weighted by Crippen LogP contribution is -1.95. The predicted molar refractivity (Wildman–Crippen MR) is 45.2 cm³/mol. The topological polar surface area (TPSA) is 23.8 Å². The SMILES string of the molecule is CC(C)c1cc(F)c(C#N)c(F)c1. The maximum Gasteiger partial charge on any atom is 0.144 e. The van der Waals surface area contributed by atoms with E-state index in [4.69, 9.17) is 5.26 Å². The van der Waals surface area contributed by atoms with Gasteiger partial charge in [0.25, 0.3) is 0 Å². The van der Waals surface area contributed by atoms with E-state index in [0.29, 0.717) is 5.56 Å². The molecule has 0 fully saturated rings. The molecule has 3 heteroatoms. The Morgan fingerprint density at radius 3 is 2.00 bits per heavy atom. The minimum atomic E-state index is -0.786. The van der Waals surface area contributed by atoms with Gasteiger partial charge in [-0.05, 0) is 23.6 Å². The number of hydrogen-bond donors (Lipinski definition) is 0. The number of hydrogen-bond acceptors (Lipinski definition) is 1. The molecule has 0 heterocycles. The molecule has 0 aromatic heterocycles. The molecule has 13 heavy (non-hydrogen) atoms. The molecule has 0 aliphatic rings. The highest BCUT2D eigenvalue weighted by atomic mass is 19.1. The van der Waals surface area contributed by atoms with Gasteiger partial charge in [0.15, 0.2) is 0 Å². The van der Waals surface area contributed by atoms with Gasteiger partial charge in [-0.3, -0.25) is 0 Å². The van der Waals surface area contributed by atoms with Crippen LogP contribution in [0.3, 0.4) is 0 Å². The van der Waals surface area contributed by atoms with Crippen molar-refractivity contribution in [3.05, 3.63) is 34.9 Å². The Bertz CT molecular complexity index is 341. The van der Waals surface area contributed by atoms with E-state index in [9.17, 15) is 8.78 Å². The fourth-order valence-electron chi connectivity index (χ4n) is 1.03. The molecule has 0 N–H and O–H groups in total. The lowest BCUT2D eigenvalue weighted by atomic mass is 10.0. The normalized spacial score (nSPS) is 10.2. The van der Waals surface area contributed by atoms with Crippen molar-refractivity contribution in [2.75, 3.05) is 0 Å². The van der Waals surface area contributed by atoms with Crippen LogP contribution in [0.4, 0.5) is 8.78 Å². The third-order valence-electron chi connectivity index (χ3n) is 1.84. The number of halogens is 2. The zero-order chi connectivity index (χ0) is 10.0. The van der Waals surface area contributed by atoms with Gasteiger partial charge in [0.1, 0.15) is 23.3 Å². The van der Waals surface area contributed by atoms with Crippen molar-refractivity contribution in [1.82, 2.24) is 0 Å². The summed E-state index contributed by atoms with van der Waals surface area (Å²) in [7, 11) is 0. The lowest BCUT2D eigenvalue weighted by Gasteiger charge is -2.06. The summed E-state index contributed by atoms with van der Waals surface area (Å²) in [5.74, 6) is -1.52. The Hall–Kier alpha value is -1.43. The van der Waals surface area contributed by atoms with Crippen molar-refractivity contribution in [3.8, 4) is 6.07 Å². The molecule has 0 atom stereocenters. The van der Waals surface area contributed by atoms with Crippen LogP contribution in [0.5, 0.6) is 0 Å². The van der Waals surface area contributed by atoms with E-state index < -0.39 is 17.2 Å². The summed E-state index contributed by atoms with van der Waals surface area (Å²) in [5, 5.41) is 8.40. The Balaban J connectivity index is 3.30. The molecule has 0 unspecified atom stereocenters. The predicted octanol–water partition coefficient (Wildman–Crippen LogP) is 2.96. The second-order valence-electron chi connectivity index (χ2n) is 3.13. The minimum Gasteiger partial charge on any atom is -0.205 e. The first kappa shape index (κ1) is 9.66. The second-order valence-corrected chi connectivity index (χ2v) is 3.13. The summed E-state index contributed by atoms with van der Waals surface area (Å²) in [4.78, 5) is 0. The standard InChI is InChI=1S/C10H9F2N/c1-6(2)7-3-9(11)8(5-13)10(12)4-7/h3-4,6H,1-2H3. The molecule has 0 aliphatic carbocycles. The smallest absolute Gasteiger partial charge is 0.144 e. The number of rotatable bonds is 1. The first-order valence-electron chi connectivity index (χ1n) is 3.95. The summed E-state index contributed by atoms with van der Waals surface area (Å²) in [6, 6.07) is 3.88. The molecule has 0 bridgehead atoms. The quantitative estimate of drug-likeness (QED) is 0.653. The molecule has 68 valence electrons. The average Bonchev–Trinajstić information content (AvgIpc) is 2.03. The highest BCUT2D eigenvalue weighted by molar-refractivity contribution is 5.36. The Kier molecular flexibility index (Phi) is 2.62. The van der Waals surface area contributed by atoms with Crippen molar-refractivity contribution in [1.29, 1.82) is 5.26 Å². The number of nitrogens with zero attached hydrogens (tertiary/aromatic N) is 1. The van der Waals surface area contributed by atoms with Crippen LogP contribution in [0.15, 0.2) is 12.1 Å². The second kappa shape index (κ2) is 3.53. The third-order valence-corrected chi connectivity index (χ3v) is 1.84. The molecule has 0 amide bonds. The Morgan fingerprint density at radius 1 is 1.23 bits per heavy atom. The van der Waals surface area contributed by atoms with E-state index in [2.05, 4.69) is 0 Å². The van der Waals surface area contributed by atoms with Crippen molar-refractivity contribution in [2.45, 2.75) is 19.8 Å². The summed E-state index contributed by atoms with van der Waals surface area (Å²) < 4.78 is 26.0. The molecule has 1 aromatic carbocycles. The van der Waals surface area contributed by atoms with Crippen molar-refractivity contribution < 1.29 is 8.78 Å². The zero-order valence-electron chi connectivity index (χ0n) is 7.44. The van der Waals surface area contributed by atoms with Crippen LogP contribution < -0.4 is 0 Å². The van der Waals surface area contributed by atoms with Gasteiger partial charge in [-0.25, -0.2) is 8.78 Å². The minimum absolute atomic E-state index is 0.0525. The molecular weight excluding hydrogens is 172 g/mol. The van der Waals surface area contributed by atoms with E-state index in [0.717, 1.165) is 0 Å². The van der Waals surface area contributed by atoms with Gasteiger partial charge < -0.3 is 0 Å². The molecule has 0 spiro atoms. The third kappa shape index (κ3) is 1.83. The number of nitriles is 1. The Morgan fingerprint density at radius 2 is 1.69 bits per heavy atom. The molecular formula is C10H9F2N. The van der Waals surface area contributed by atoms with E-state index in [1.807, 2.05) is 13.8 Å². The van der Waals surface area contributed by atoms with Crippen molar-refractivity contribution in [2.24, 2.45) is 0 Å². The van der Waals surface area contributed by atoms with Gasteiger partial charge in [0, 0.05) is 0 Å². The Labute approximate surface area is 75.6 Å². The van der Waals surface area contributed by atoms with Gasteiger partial charge in [-0.2, -0.15) is 5.26 Å². The largest absolute Gasteiger partial charge is 0.205 e. The van der Waals surface area contributed by atoms with Crippen molar-refractivity contribution >= 4 is 0 Å². The molecule has 0 saturated carbocycles. The van der Waals surface area contributed by atoms with Crippen LogP contribution >= 0.6 is 0 Å². The lowest BCUT2D eigenvalue weighted by molar-refractivity contribution is 0.570. The first-order chi connectivity index (χ1) is 6.06. The van der Waals surface area contributed by atoms with E-state index in [1.165, 1.54) is 18.2 Å². The fraction of sp³-hybridized carbons (Fsp3) is 0.300. The van der Waals surface area contributed by atoms with Crippen LogP contribution in [0.2, 0.25) is 0 Å². The highest BCUT2D eigenvalue weighted by Crippen LogP contribution is 2.20. The fourth-order valence-corrected chi connectivity index (χ4v) is 1.03. The molecule has 0 aliphatic heterocycles. The van der Waals surface area contributed by atoms with E-state index >= 15 is 0 Å². The highest BCUT2D eigenvalue weighted by Gasteiger charge is 2.11. The summed E-state index contributed by atoms with van der Waals surface area (Å²) in [6.07, 6.45) is 0. The van der Waals surface area contributed by atoms with Gasteiger partial charge in [-0.15, -0.1) is 0 Å². The summed E-state index contributed by atoms with van der Waals surface area (Å²) in [5.41, 5.74) is 0.0541. The molecule has 1 aromatic rings. The van der Waals surface area contributed by atoms with Gasteiger partial charge in [0.05, 0.1) is 0 Å². The zero-order valence-corrected chi connectivity index (χ0v) is 7.44.